The Kier molecular flexibility index (Phi) is 8.78. The number of ketones is 1. The van der Waals surface area contributed by atoms with E-state index in [4.69, 9.17) is 5.73 Å². The molecule has 1 aliphatic heterocycles. The van der Waals surface area contributed by atoms with Crippen LogP contribution in [0.4, 0.5) is 23.2 Å². The standard InChI is InChI=1S/C22H22F4N2O3S.ClH/c1-12(2)7-19(29)15-8-18-20(9-16(15)23)32-11-17(27)21(30)28(18)10-13-3-5-14(6-4-13)31-22(24,25)26;/h3-6,8-9,12,17H,7,10-11,27H2,1-2H3;1H/t17-;/m0./s1. The number of Topliss-reactive ketones (excluding diaryl/α,β-unsaturated/α-hetero) is 1. The van der Waals surface area contributed by atoms with Crippen molar-refractivity contribution in [2.24, 2.45) is 11.7 Å². The van der Waals surface area contributed by atoms with Crippen LogP contribution in [-0.2, 0) is 11.3 Å². The Hall–Kier alpha value is -2.30. The lowest BCUT2D eigenvalue weighted by atomic mass is 10.00. The summed E-state index contributed by atoms with van der Waals surface area (Å²) in [5, 5.41) is 0. The van der Waals surface area contributed by atoms with Crippen molar-refractivity contribution in [3.05, 3.63) is 53.3 Å². The largest absolute Gasteiger partial charge is 0.573 e. The molecular formula is C22H23ClF4N2O3S. The predicted octanol–water partition coefficient (Wildman–Crippen LogP) is 5.34. The summed E-state index contributed by atoms with van der Waals surface area (Å²) in [6, 6.07) is 6.80. The second-order valence-electron chi connectivity index (χ2n) is 7.85. The highest BCUT2D eigenvalue weighted by Gasteiger charge is 2.32. The summed E-state index contributed by atoms with van der Waals surface area (Å²) in [6.07, 6.45) is -4.66. The molecule has 0 aromatic heterocycles. The molecule has 180 valence electrons. The zero-order chi connectivity index (χ0) is 23.6. The first kappa shape index (κ1) is 26.9. The lowest BCUT2D eigenvalue weighted by Gasteiger charge is -2.25. The van der Waals surface area contributed by atoms with Crippen LogP contribution in [0.15, 0.2) is 41.3 Å². The zero-order valence-corrected chi connectivity index (χ0v) is 19.5. The lowest BCUT2D eigenvalue weighted by Crippen LogP contribution is -2.44. The average molecular weight is 507 g/mol. The first-order valence-corrected chi connectivity index (χ1v) is 10.8. The maximum absolute atomic E-state index is 14.7. The summed E-state index contributed by atoms with van der Waals surface area (Å²) in [5.41, 5.74) is 6.72. The van der Waals surface area contributed by atoms with Crippen molar-refractivity contribution in [2.75, 3.05) is 10.7 Å². The maximum atomic E-state index is 14.7. The van der Waals surface area contributed by atoms with E-state index in [2.05, 4.69) is 4.74 Å². The van der Waals surface area contributed by atoms with Gasteiger partial charge in [0.15, 0.2) is 5.78 Å². The van der Waals surface area contributed by atoms with E-state index in [-0.39, 0.29) is 54.1 Å². The van der Waals surface area contributed by atoms with E-state index >= 15 is 0 Å². The van der Waals surface area contributed by atoms with Crippen LogP contribution in [0, 0.1) is 11.7 Å². The average Bonchev–Trinajstić information content (AvgIpc) is 2.79. The quantitative estimate of drug-likeness (QED) is 0.423. The number of carbonyl (C=O) groups excluding carboxylic acids is 2. The smallest absolute Gasteiger partial charge is 0.406 e. The molecule has 2 aromatic rings. The number of rotatable bonds is 6. The number of fused-ring (bicyclic) bond motifs is 1. The number of nitrogens with zero attached hydrogens (tertiary/aromatic N) is 1. The minimum atomic E-state index is -4.81. The van der Waals surface area contributed by atoms with Gasteiger partial charge in [0.2, 0.25) is 5.91 Å². The highest BCUT2D eigenvalue weighted by Crippen LogP contribution is 2.37. The fourth-order valence-corrected chi connectivity index (χ4v) is 4.28. The molecule has 1 heterocycles. The van der Waals surface area contributed by atoms with Crippen molar-refractivity contribution in [3.63, 3.8) is 0 Å². The van der Waals surface area contributed by atoms with Crippen LogP contribution in [0.2, 0.25) is 0 Å². The Balaban J connectivity index is 0.00000385. The van der Waals surface area contributed by atoms with Gasteiger partial charge < -0.3 is 15.4 Å². The number of nitrogens with two attached hydrogens (primary N) is 1. The summed E-state index contributed by atoms with van der Waals surface area (Å²) in [7, 11) is 0. The number of ether oxygens (including phenoxy) is 1. The predicted molar refractivity (Wildman–Crippen MR) is 120 cm³/mol. The van der Waals surface area contributed by atoms with Gasteiger partial charge in [-0.2, -0.15) is 0 Å². The normalized spacial score (nSPS) is 16.2. The zero-order valence-electron chi connectivity index (χ0n) is 17.8. The number of hydrogen-bond acceptors (Lipinski definition) is 5. The molecule has 0 radical (unpaired) electrons. The number of hydrogen-bond donors (Lipinski definition) is 1. The SMILES string of the molecule is CC(C)CC(=O)c1cc2c(cc1F)SC[C@H](N)C(=O)N2Cc1ccc(OC(F)(F)F)cc1.Cl. The third kappa shape index (κ3) is 6.84. The first-order valence-electron chi connectivity index (χ1n) is 9.86. The van der Waals surface area contributed by atoms with Gasteiger partial charge in [0, 0.05) is 17.1 Å². The molecule has 0 fully saturated rings. The first-order chi connectivity index (χ1) is 14.9. The Morgan fingerprint density at radius 3 is 2.45 bits per heavy atom. The molecule has 0 saturated heterocycles. The topological polar surface area (TPSA) is 72.6 Å². The lowest BCUT2D eigenvalue weighted by molar-refractivity contribution is -0.274. The van der Waals surface area contributed by atoms with Crippen LogP contribution in [-0.4, -0.2) is 29.8 Å². The van der Waals surface area contributed by atoms with Crippen molar-refractivity contribution in [2.45, 2.75) is 44.1 Å². The summed E-state index contributed by atoms with van der Waals surface area (Å²) >= 11 is 1.21. The number of carbonyl (C=O) groups is 2. The van der Waals surface area contributed by atoms with Crippen molar-refractivity contribution >= 4 is 41.5 Å². The van der Waals surface area contributed by atoms with E-state index < -0.39 is 24.1 Å². The molecule has 0 bridgehead atoms. The number of alkyl halides is 3. The van der Waals surface area contributed by atoms with Gasteiger partial charge in [0.25, 0.3) is 0 Å². The minimum absolute atomic E-state index is 0. The van der Waals surface area contributed by atoms with Gasteiger partial charge in [0.05, 0.1) is 23.8 Å². The summed E-state index contributed by atoms with van der Waals surface area (Å²) in [6.45, 7) is 3.67. The van der Waals surface area contributed by atoms with Crippen LogP contribution < -0.4 is 15.4 Å². The van der Waals surface area contributed by atoms with Crippen molar-refractivity contribution in [1.82, 2.24) is 0 Å². The van der Waals surface area contributed by atoms with Crippen molar-refractivity contribution in [1.29, 1.82) is 0 Å². The molecule has 2 N–H and O–H groups in total. The molecule has 0 aliphatic carbocycles. The molecule has 11 heteroatoms. The van der Waals surface area contributed by atoms with Gasteiger partial charge >= 0.3 is 6.36 Å². The number of amides is 1. The van der Waals surface area contributed by atoms with Gasteiger partial charge in [-0.05, 0) is 35.7 Å². The highest BCUT2D eigenvalue weighted by molar-refractivity contribution is 7.99. The van der Waals surface area contributed by atoms with Crippen LogP contribution >= 0.6 is 24.2 Å². The minimum Gasteiger partial charge on any atom is -0.406 e. The number of thioether (sulfide) groups is 1. The molecule has 1 amide bonds. The van der Waals surface area contributed by atoms with Gasteiger partial charge in [-0.25, -0.2) is 4.39 Å². The molecule has 3 rings (SSSR count). The Labute approximate surface area is 199 Å². The molecule has 0 unspecified atom stereocenters. The molecule has 0 spiro atoms. The second-order valence-corrected chi connectivity index (χ2v) is 8.92. The fraction of sp³-hybridized carbons (Fsp3) is 0.364. The molecule has 1 aliphatic rings. The van der Waals surface area contributed by atoms with Crippen LogP contribution in [0.3, 0.4) is 0 Å². The van der Waals surface area contributed by atoms with Crippen LogP contribution in [0.1, 0.15) is 36.2 Å². The van der Waals surface area contributed by atoms with E-state index in [0.717, 1.165) is 12.1 Å². The van der Waals surface area contributed by atoms with Gasteiger partial charge in [-0.1, -0.05) is 26.0 Å². The van der Waals surface area contributed by atoms with E-state index in [1.54, 1.807) is 0 Å². The van der Waals surface area contributed by atoms with Crippen molar-refractivity contribution < 1.29 is 31.9 Å². The monoisotopic (exact) mass is 506 g/mol. The summed E-state index contributed by atoms with van der Waals surface area (Å²) < 4.78 is 55.7. The Morgan fingerprint density at radius 1 is 1.24 bits per heavy atom. The van der Waals surface area contributed by atoms with E-state index in [0.29, 0.717) is 16.1 Å². The fourth-order valence-electron chi connectivity index (χ4n) is 3.28. The second kappa shape index (κ2) is 10.8. The molecule has 5 nitrogen and oxygen atoms in total. The number of halogens is 5. The maximum Gasteiger partial charge on any atom is 0.573 e. The van der Waals surface area contributed by atoms with Gasteiger partial charge in [-0.15, -0.1) is 37.3 Å². The molecule has 0 saturated carbocycles. The third-order valence-electron chi connectivity index (χ3n) is 4.73. The van der Waals surface area contributed by atoms with Gasteiger partial charge in [-0.3, -0.25) is 9.59 Å². The van der Waals surface area contributed by atoms with Crippen molar-refractivity contribution in [3.8, 4) is 5.75 Å². The number of benzene rings is 2. The molecule has 33 heavy (non-hydrogen) atoms. The summed E-state index contributed by atoms with van der Waals surface area (Å²) in [4.78, 5) is 27.3. The molecular weight excluding hydrogens is 484 g/mol. The van der Waals surface area contributed by atoms with E-state index in [1.807, 2.05) is 13.8 Å². The Morgan fingerprint density at radius 2 is 1.88 bits per heavy atom. The molecule has 2 aromatic carbocycles. The van der Waals surface area contributed by atoms with Crippen LogP contribution in [0.5, 0.6) is 5.75 Å². The van der Waals surface area contributed by atoms with Crippen LogP contribution in [0.25, 0.3) is 0 Å². The highest BCUT2D eigenvalue weighted by atomic mass is 35.5. The molecule has 1 atom stereocenters. The summed E-state index contributed by atoms with van der Waals surface area (Å²) in [5.74, 6) is -1.61. The van der Waals surface area contributed by atoms with Gasteiger partial charge in [0.1, 0.15) is 11.6 Å². The Bertz CT molecular complexity index is 1020. The number of anilines is 1. The van der Waals surface area contributed by atoms with E-state index in [1.165, 1.54) is 40.9 Å². The third-order valence-corrected chi connectivity index (χ3v) is 5.90. The van der Waals surface area contributed by atoms with E-state index in [9.17, 15) is 27.2 Å².